The van der Waals surface area contributed by atoms with Crippen molar-refractivity contribution in [2.45, 2.75) is 116 Å². The summed E-state index contributed by atoms with van der Waals surface area (Å²) >= 11 is 1.21. The van der Waals surface area contributed by atoms with E-state index in [2.05, 4.69) is 35.7 Å². The van der Waals surface area contributed by atoms with Crippen molar-refractivity contribution < 1.29 is 18.8 Å². The predicted molar refractivity (Wildman–Crippen MR) is 166 cm³/mol. The Morgan fingerprint density at radius 3 is 2.25 bits per heavy atom. The van der Waals surface area contributed by atoms with Crippen LogP contribution < -0.4 is 4.74 Å². The maximum absolute atomic E-state index is 13.2. The van der Waals surface area contributed by atoms with Gasteiger partial charge in [-0.15, -0.1) is 4.37 Å². The molecule has 2 unspecified atom stereocenters. The summed E-state index contributed by atoms with van der Waals surface area (Å²) in [5, 5.41) is 0. The number of quaternary nitrogens is 1. The van der Waals surface area contributed by atoms with Gasteiger partial charge in [-0.25, -0.2) is 4.79 Å². The Morgan fingerprint density at radius 1 is 0.900 bits per heavy atom. The second-order valence-corrected chi connectivity index (χ2v) is 12.1. The molecule has 1 aromatic heterocycles. The molecule has 0 N–H and O–H groups in total. The van der Waals surface area contributed by atoms with E-state index in [0.29, 0.717) is 22.5 Å². The van der Waals surface area contributed by atoms with Crippen LogP contribution in [-0.2, 0) is 4.74 Å². The zero-order chi connectivity index (χ0) is 28.5. The molecular formula is C33H52N3O3S+. The molecule has 2 heterocycles. The third-order valence-corrected chi connectivity index (χ3v) is 8.58. The number of unbranched alkanes of at least 4 members (excludes halogenated alkanes) is 11. The summed E-state index contributed by atoms with van der Waals surface area (Å²) < 4.78 is 22.1. The minimum absolute atomic E-state index is 0.203. The summed E-state index contributed by atoms with van der Waals surface area (Å²) in [4.78, 5) is 13.2. The fourth-order valence-electron chi connectivity index (χ4n) is 5.55. The highest BCUT2D eigenvalue weighted by atomic mass is 32.1. The fourth-order valence-corrected chi connectivity index (χ4v) is 6.08. The Morgan fingerprint density at radius 2 is 1.55 bits per heavy atom. The molecule has 1 aromatic carbocycles. The molecule has 222 valence electrons. The van der Waals surface area contributed by atoms with Crippen molar-refractivity contribution in [2.24, 2.45) is 0 Å². The lowest BCUT2D eigenvalue weighted by Gasteiger charge is -2.42. The smallest absolute Gasteiger partial charge is 0.342 e. The quantitative estimate of drug-likeness (QED) is 0.0904. The molecule has 0 aliphatic carbocycles. The SMILES string of the molecule is CCCCCCCCCCCC(OC(=O)c1ccccc1)[N+]1(C)CCC=C(c2nsnc2OCCCCCC)C1. The Bertz CT molecular complexity index is 1010. The second-order valence-electron chi connectivity index (χ2n) is 11.5. The van der Waals surface area contributed by atoms with Crippen LogP contribution in [0.3, 0.4) is 0 Å². The van der Waals surface area contributed by atoms with Gasteiger partial charge in [-0.3, -0.25) is 4.48 Å². The average molecular weight is 571 g/mol. The van der Waals surface area contributed by atoms with E-state index in [1.807, 2.05) is 30.3 Å². The zero-order valence-corrected chi connectivity index (χ0v) is 26.1. The van der Waals surface area contributed by atoms with Gasteiger partial charge in [0, 0.05) is 18.4 Å². The molecule has 2 atom stereocenters. The molecule has 2 aromatic rings. The molecule has 7 heteroatoms. The van der Waals surface area contributed by atoms with Gasteiger partial charge in [-0.1, -0.05) is 109 Å². The number of rotatable bonds is 20. The lowest BCUT2D eigenvalue weighted by molar-refractivity contribution is -0.947. The molecule has 3 rings (SSSR count). The molecule has 0 spiro atoms. The van der Waals surface area contributed by atoms with Crippen molar-refractivity contribution in [3.05, 3.63) is 47.7 Å². The minimum atomic E-state index is -0.233. The van der Waals surface area contributed by atoms with Crippen LogP contribution in [0, 0.1) is 0 Å². The highest BCUT2D eigenvalue weighted by Gasteiger charge is 2.39. The highest BCUT2D eigenvalue weighted by Crippen LogP contribution is 2.33. The van der Waals surface area contributed by atoms with Crippen LogP contribution in [0.15, 0.2) is 36.4 Å². The highest BCUT2D eigenvalue weighted by molar-refractivity contribution is 6.99. The molecule has 1 aliphatic rings. The van der Waals surface area contributed by atoms with E-state index in [1.54, 1.807) is 0 Å². The number of likely N-dealkylation sites (N-methyl/N-ethyl adjacent to an activating group) is 1. The zero-order valence-electron chi connectivity index (χ0n) is 25.2. The number of esters is 1. The first-order valence-corrected chi connectivity index (χ1v) is 16.6. The van der Waals surface area contributed by atoms with E-state index in [1.165, 1.54) is 82.4 Å². The maximum atomic E-state index is 13.2. The largest absolute Gasteiger partial charge is 0.475 e. The Kier molecular flexibility index (Phi) is 14.7. The third kappa shape index (κ3) is 10.6. The average Bonchev–Trinajstić information content (AvgIpc) is 3.44. The third-order valence-electron chi connectivity index (χ3n) is 8.06. The van der Waals surface area contributed by atoms with Crippen molar-refractivity contribution in [3.63, 3.8) is 0 Å². The molecule has 40 heavy (non-hydrogen) atoms. The molecular weight excluding hydrogens is 518 g/mol. The fraction of sp³-hybridized carbons (Fsp3) is 0.667. The number of carbonyl (C=O) groups excluding carboxylic acids is 1. The number of carbonyl (C=O) groups is 1. The van der Waals surface area contributed by atoms with Gasteiger partial charge >= 0.3 is 5.97 Å². The van der Waals surface area contributed by atoms with Gasteiger partial charge < -0.3 is 9.47 Å². The molecule has 0 bridgehead atoms. The summed E-state index contributed by atoms with van der Waals surface area (Å²) in [5.74, 6) is 0.418. The normalized spacial score (nSPS) is 17.8. The summed E-state index contributed by atoms with van der Waals surface area (Å²) in [6.07, 6.45) is 20.0. The second kappa shape index (κ2) is 18.2. The van der Waals surface area contributed by atoms with Gasteiger partial charge in [0.05, 0.1) is 37.5 Å². The Hall–Kier alpha value is -2.25. The van der Waals surface area contributed by atoms with Crippen LogP contribution in [0.2, 0.25) is 0 Å². The molecule has 0 amide bonds. The monoisotopic (exact) mass is 570 g/mol. The van der Waals surface area contributed by atoms with E-state index in [-0.39, 0.29) is 12.2 Å². The molecule has 1 aliphatic heterocycles. The molecule has 0 saturated carbocycles. The topological polar surface area (TPSA) is 61.3 Å². The van der Waals surface area contributed by atoms with Crippen molar-refractivity contribution in [3.8, 4) is 5.88 Å². The number of hydrogen-bond acceptors (Lipinski definition) is 6. The number of benzene rings is 1. The first-order chi connectivity index (χ1) is 19.6. The molecule has 0 saturated heterocycles. The van der Waals surface area contributed by atoms with Crippen molar-refractivity contribution >= 4 is 23.3 Å². The standard InChI is InChI=1S/C33H52N3O3S/c1-4-6-8-10-11-12-13-14-18-24-30(39-33(37)28-21-16-15-17-22-28)36(3)25-20-23-29(27-36)31-32(35-40-34-31)38-26-19-9-7-5-2/h15-17,21-23,30H,4-14,18-20,24-27H2,1-3H3/q+1. The van der Waals surface area contributed by atoms with Crippen LogP contribution in [0.1, 0.15) is 126 Å². The van der Waals surface area contributed by atoms with E-state index < -0.39 is 0 Å². The first-order valence-electron chi connectivity index (χ1n) is 15.8. The van der Waals surface area contributed by atoms with Crippen LogP contribution in [-0.4, -0.2) is 52.2 Å². The molecule has 0 fully saturated rings. The lowest BCUT2D eigenvalue weighted by Crippen LogP contribution is -2.56. The van der Waals surface area contributed by atoms with Crippen LogP contribution >= 0.6 is 11.7 Å². The van der Waals surface area contributed by atoms with E-state index in [9.17, 15) is 4.79 Å². The van der Waals surface area contributed by atoms with Gasteiger partial charge in [-0.05, 0) is 25.0 Å². The summed E-state index contributed by atoms with van der Waals surface area (Å²) in [5.41, 5.74) is 2.63. The van der Waals surface area contributed by atoms with Crippen molar-refractivity contribution in [1.82, 2.24) is 8.75 Å². The molecule has 0 radical (unpaired) electrons. The number of nitrogens with zero attached hydrogens (tertiary/aromatic N) is 3. The van der Waals surface area contributed by atoms with E-state index >= 15 is 0 Å². The van der Waals surface area contributed by atoms with Gasteiger partial charge in [0.2, 0.25) is 6.23 Å². The van der Waals surface area contributed by atoms with Crippen molar-refractivity contribution in [2.75, 3.05) is 26.7 Å². The number of aromatic nitrogens is 2. The maximum Gasteiger partial charge on any atom is 0.342 e. The predicted octanol–water partition coefficient (Wildman–Crippen LogP) is 8.83. The van der Waals surface area contributed by atoms with E-state index in [4.69, 9.17) is 9.47 Å². The first kappa shape index (κ1) is 32.3. The van der Waals surface area contributed by atoms with Crippen LogP contribution in [0.25, 0.3) is 5.57 Å². The lowest BCUT2D eigenvalue weighted by atomic mass is 10.0. The van der Waals surface area contributed by atoms with Crippen molar-refractivity contribution in [1.29, 1.82) is 0 Å². The number of ether oxygens (including phenoxy) is 2. The van der Waals surface area contributed by atoms with Crippen LogP contribution in [0.4, 0.5) is 0 Å². The number of hydrogen-bond donors (Lipinski definition) is 0. The van der Waals surface area contributed by atoms with Crippen LogP contribution in [0.5, 0.6) is 5.88 Å². The van der Waals surface area contributed by atoms with E-state index in [0.717, 1.165) is 50.0 Å². The Labute approximate surface area is 247 Å². The minimum Gasteiger partial charge on any atom is -0.475 e. The summed E-state index contributed by atoms with van der Waals surface area (Å²) in [6.45, 7) is 6.84. The Balaban J connectivity index is 1.62. The van der Waals surface area contributed by atoms with Gasteiger partial charge in [0.25, 0.3) is 5.88 Å². The summed E-state index contributed by atoms with van der Waals surface area (Å²) in [7, 11) is 2.23. The van der Waals surface area contributed by atoms with Gasteiger partial charge in [0.15, 0.2) is 0 Å². The molecule has 6 nitrogen and oxygen atoms in total. The van der Waals surface area contributed by atoms with Gasteiger partial charge in [0.1, 0.15) is 12.2 Å². The summed E-state index contributed by atoms with van der Waals surface area (Å²) in [6, 6.07) is 9.39. The van der Waals surface area contributed by atoms with Gasteiger partial charge in [-0.2, -0.15) is 4.37 Å².